The van der Waals surface area contributed by atoms with Gasteiger partial charge in [-0.15, -0.1) is 0 Å². The van der Waals surface area contributed by atoms with E-state index in [9.17, 15) is 14.4 Å². The molecule has 0 N–H and O–H groups in total. The van der Waals surface area contributed by atoms with E-state index in [1.54, 1.807) is 19.2 Å². The zero-order valence-electron chi connectivity index (χ0n) is 17.8. The molecule has 2 fully saturated rings. The van der Waals surface area contributed by atoms with Crippen molar-refractivity contribution in [1.82, 2.24) is 9.80 Å². The molecule has 2 aromatic rings. The van der Waals surface area contributed by atoms with Crippen LogP contribution >= 0.6 is 0 Å². The van der Waals surface area contributed by atoms with Crippen molar-refractivity contribution in [1.29, 1.82) is 0 Å². The highest BCUT2D eigenvalue weighted by Gasteiger charge is 2.28. The van der Waals surface area contributed by atoms with Gasteiger partial charge < -0.3 is 14.5 Å². The van der Waals surface area contributed by atoms with Crippen molar-refractivity contribution in [2.75, 3.05) is 38.2 Å². The van der Waals surface area contributed by atoms with Crippen LogP contribution in [0.25, 0.3) is 0 Å². The van der Waals surface area contributed by atoms with E-state index in [0.29, 0.717) is 18.7 Å². The van der Waals surface area contributed by atoms with E-state index < -0.39 is 0 Å². The van der Waals surface area contributed by atoms with Crippen LogP contribution in [0.3, 0.4) is 0 Å². The lowest BCUT2D eigenvalue weighted by atomic mass is 10.1. The molecule has 0 atom stereocenters. The van der Waals surface area contributed by atoms with Crippen LogP contribution < -0.4 is 9.64 Å². The van der Waals surface area contributed by atoms with Gasteiger partial charge in [0.05, 0.1) is 13.7 Å². The third-order valence-corrected chi connectivity index (χ3v) is 5.92. The lowest BCUT2D eigenvalue weighted by Gasteiger charge is -2.24. The van der Waals surface area contributed by atoms with Gasteiger partial charge >= 0.3 is 0 Å². The Morgan fingerprint density at radius 1 is 0.871 bits per heavy atom. The number of imide groups is 1. The average Bonchev–Trinajstić information content (AvgIpc) is 2.99. The number of carbonyl (C=O) groups excluding carboxylic acids is 3. The summed E-state index contributed by atoms with van der Waals surface area (Å²) in [6.07, 6.45) is 1.48. The zero-order valence-corrected chi connectivity index (χ0v) is 17.8. The van der Waals surface area contributed by atoms with E-state index in [1.807, 2.05) is 41.3 Å². The molecule has 2 saturated heterocycles. The highest BCUT2D eigenvalue weighted by Crippen LogP contribution is 2.21. The fraction of sp³-hybridized carbons (Fsp3) is 0.375. The Kier molecular flexibility index (Phi) is 6.21. The summed E-state index contributed by atoms with van der Waals surface area (Å²) in [5.41, 5.74) is 2.60. The van der Waals surface area contributed by atoms with Crippen molar-refractivity contribution in [3.8, 4) is 5.75 Å². The average molecular weight is 421 g/mol. The van der Waals surface area contributed by atoms with Gasteiger partial charge in [0.25, 0.3) is 5.91 Å². The fourth-order valence-electron chi connectivity index (χ4n) is 4.09. The van der Waals surface area contributed by atoms with Crippen molar-refractivity contribution in [3.05, 3.63) is 59.7 Å². The molecule has 162 valence electrons. The quantitative estimate of drug-likeness (QED) is 0.695. The van der Waals surface area contributed by atoms with Gasteiger partial charge in [0.1, 0.15) is 5.75 Å². The number of amides is 3. The predicted molar refractivity (Wildman–Crippen MR) is 117 cm³/mol. The Morgan fingerprint density at radius 2 is 1.55 bits per heavy atom. The number of hydrogen-bond acceptors (Lipinski definition) is 5. The first-order chi connectivity index (χ1) is 15.0. The number of methoxy groups -OCH3 is 1. The maximum atomic E-state index is 13.0. The number of ether oxygens (including phenoxy) is 1. The summed E-state index contributed by atoms with van der Waals surface area (Å²) in [5.74, 6) is 0.584. The molecule has 0 aliphatic carbocycles. The lowest BCUT2D eigenvalue weighted by Crippen LogP contribution is -2.35. The van der Waals surface area contributed by atoms with Gasteiger partial charge in [0.2, 0.25) is 11.8 Å². The van der Waals surface area contributed by atoms with Crippen LogP contribution in [0.4, 0.5) is 5.69 Å². The summed E-state index contributed by atoms with van der Waals surface area (Å²) in [7, 11) is 1.66. The third-order valence-electron chi connectivity index (χ3n) is 5.92. The fourth-order valence-corrected chi connectivity index (χ4v) is 4.09. The van der Waals surface area contributed by atoms with Crippen LogP contribution in [0, 0.1) is 0 Å². The van der Waals surface area contributed by atoms with E-state index in [-0.39, 0.29) is 37.1 Å². The molecule has 0 spiro atoms. The largest absolute Gasteiger partial charge is 0.497 e. The van der Waals surface area contributed by atoms with Crippen LogP contribution in [0.1, 0.15) is 35.2 Å². The van der Waals surface area contributed by atoms with Crippen molar-refractivity contribution in [3.63, 3.8) is 0 Å². The highest BCUT2D eigenvalue weighted by molar-refractivity contribution is 6.01. The second kappa shape index (κ2) is 9.20. The zero-order chi connectivity index (χ0) is 21.8. The van der Waals surface area contributed by atoms with Gasteiger partial charge in [-0.05, 0) is 48.4 Å². The van der Waals surface area contributed by atoms with Crippen LogP contribution in [-0.2, 0) is 16.1 Å². The van der Waals surface area contributed by atoms with E-state index in [0.717, 1.165) is 36.5 Å². The summed E-state index contributed by atoms with van der Waals surface area (Å²) in [5, 5.41) is 0. The number of carbonyl (C=O) groups is 3. The Morgan fingerprint density at radius 3 is 2.19 bits per heavy atom. The highest BCUT2D eigenvalue weighted by atomic mass is 16.5. The van der Waals surface area contributed by atoms with Gasteiger partial charge in [0.15, 0.2) is 0 Å². The molecular formula is C24H27N3O4. The van der Waals surface area contributed by atoms with Crippen molar-refractivity contribution in [2.24, 2.45) is 0 Å². The predicted octanol–water partition coefficient (Wildman–Crippen LogP) is 2.70. The minimum absolute atomic E-state index is 0.0106. The molecule has 3 amide bonds. The van der Waals surface area contributed by atoms with Gasteiger partial charge in [-0.25, -0.2) is 0 Å². The molecule has 2 aliphatic heterocycles. The normalized spacial score (nSPS) is 17.1. The van der Waals surface area contributed by atoms with Gasteiger partial charge in [-0.1, -0.05) is 12.1 Å². The minimum atomic E-state index is -0.129. The van der Waals surface area contributed by atoms with Gasteiger partial charge in [0, 0.05) is 50.3 Å². The molecule has 0 radical (unpaired) electrons. The number of benzene rings is 2. The molecule has 7 nitrogen and oxygen atoms in total. The molecule has 0 aromatic heterocycles. The van der Waals surface area contributed by atoms with E-state index in [2.05, 4.69) is 4.90 Å². The van der Waals surface area contributed by atoms with E-state index >= 15 is 0 Å². The molecule has 2 heterocycles. The molecule has 31 heavy (non-hydrogen) atoms. The molecule has 7 heteroatoms. The Labute approximate surface area is 182 Å². The summed E-state index contributed by atoms with van der Waals surface area (Å²) < 4.78 is 5.23. The topological polar surface area (TPSA) is 70.2 Å². The number of hydrogen-bond donors (Lipinski definition) is 0. The molecule has 0 unspecified atom stereocenters. The standard InChI is InChI=1S/C24H27N3O4/c1-31-21-9-7-20(8-10-21)25-13-2-14-26(16-15-25)24(30)19-5-3-18(4-6-19)17-27-22(28)11-12-23(27)29/h3-10H,2,11-17H2,1H3. The number of anilines is 1. The third kappa shape index (κ3) is 4.71. The smallest absolute Gasteiger partial charge is 0.253 e. The second-order valence-electron chi connectivity index (χ2n) is 7.90. The summed E-state index contributed by atoms with van der Waals surface area (Å²) in [6, 6.07) is 15.2. The van der Waals surface area contributed by atoms with Crippen molar-refractivity contribution in [2.45, 2.75) is 25.8 Å². The summed E-state index contributed by atoms with van der Waals surface area (Å²) >= 11 is 0. The Hall–Kier alpha value is -3.35. The van der Waals surface area contributed by atoms with Crippen LogP contribution in [0.5, 0.6) is 5.75 Å². The molecule has 4 rings (SSSR count). The maximum absolute atomic E-state index is 13.0. The van der Waals surface area contributed by atoms with Crippen LogP contribution in [0.15, 0.2) is 48.5 Å². The lowest BCUT2D eigenvalue weighted by molar-refractivity contribution is -0.139. The number of rotatable bonds is 5. The van der Waals surface area contributed by atoms with Gasteiger partial charge in [-0.3, -0.25) is 19.3 Å². The summed E-state index contributed by atoms with van der Waals surface area (Å²) in [4.78, 5) is 42.1. The molecule has 0 bridgehead atoms. The van der Waals surface area contributed by atoms with Crippen LogP contribution in [-0.4, -0.2) is 60.8 Å². The van der Waals surface area contributed by atoms with Crippen molar-refractivity contribution >= 4 is 23.4 Å². The van der Waals surface area contributed by atoms with E-state index in [1.165, 1.54) is 4.90 Å². The maximum Gasteiger partial charge on any atom is 0.253 e. The number of nitrogens with zero attached hydrogens (tertiary/aromatic N) is 3. The molecule has 2 aliphatic rings. The first-order valence-corrected chi connectivity index (χ1v) is 10.7. The minimum Gasteiger partial charge on any atom is -0.497 e. The number of likely N-dealkylation sites (tertiary alicyclic amines) is 1. The van der Waals surface area contributed by atoms with Crippen molar-refractivity contribution < 1.29 is 19.1 Å². The molecule has 2 aromatic carbocycles. The Bertz CT molecular complexity index is 940. The van der Waals surface area contributed by atoms with E-state index in [4.69, 9.17) is 4.74 Å². The Balaban J connectivity index is 1.36. The first kappa shape index (κ1) is 20.9. The second-order valence-corrected chi connectivity index (χ2v) is 7.90. The van der Waals surface area contributed by atoms with Gasteiger partial charge in [-0.2, -0.15) is 0 Å². The first-order valence-electron chi connectivity index (χ1n) is 10.7. The monoisotopic (exact) mass is 421 g/mol. The molecular weight excluding hydrogens is 394 g/mol. The SMILES string of the molecule is COc1ccc(N2CCCN(C(=O)c3ccc(CN4C(=O)CCC4=O)cc3)CC2)cc1. The van der Waals surface area contributed by atoms with Crippen LogP contribution in [0.2, 0.25) is 0 Å². The summed E-state index contributed by atoms with van der Waals surface area (Å²) in [6.45, 7) is 3.31. The molecule has 0 saturated carbocycles.